The second-order valence-electron chi connectivity index (χ2n) is 5.67. The summed E-state index contributed by atoms with van der Waals surface area (Å²) in [6.45, 7) is 4.44. The van der Waals surface area contributed by atoms with Crippen molar-refractivity contribution in [2.24, 2.45) is 0 Å². The van der Waals surface area contributed by atoms with E-state index in [1.807, 2.05) is 0 Å². The van der Waals surface area contributed by atoms with Gasteiger partial charge in [-0.3, -0.25) is 0 Å². The van der Waals surface area contributed by atoms with Crippen LogP contribution in [0, 0.1) is 13.8 Å². The van der Waals surface area contributed by atoms with Crippen LogP contribution in [0.25, 0.3) is 0 Å². The molecule has 0 aliphatic rings. The Morgan fingerprint density at radius 2 is 1.09 bits per heavy atom. The first-order chi connectivity index (χ1) is 11.2. The third-order valence-electron chi connectivity index (χ3n) is 4.09. The molecule has 2 heteroatoms. The lowest BCUT2D eigenvalue weighted by Crippen LogP contribution is -2.25. The third kappa shape index (κ3) is 3.42. The molecule has 3 rings (SSSR count). The first-order valence-corrected chi connectivity index (χ1v) is 10.2. The second kappa shape index (κ2) is 7.43. The number of benzene rings is 3. The number of hydrogen-bond acceptors (Lipinski definition) is 0. The standard InChI is InChI=1S/C21H20BrP/c1-16-9-3-6-12-19(16)23(20-13-7-4-10-17(20)2)21-14-8-5-11-18(21)15-22/h3-14H,15H2,1-2H3. The van der Waals surface area contributed by atoms with E-state index >= 15 is 0 Å². The van der Waals surface area contributed by atoms with E-state index in [0.29, 0.717) is 0 Å². The molecule has 0 bridgehead atoms. The molecule has 0 amide bonds. The van der Waals surface area contributed by atoms with E-state index in [2.05, 4.69) is 103 Å². The Kier molecular flexibility index (Phi) is 5.30. The highest BCUT2D eigenvalue weighted by atomic mass is 79.9. The van der Waals surface area contributed by atoms with Crippen molar-refractivity contribution in [3.63, 3.8) is 0 Å². The molecule has 23 heavy (non-hydrogen) atoms. The molecular formula is C21H20BrP. The molecule has 0 saturated carbocycles. The fraction of sp³-hybridized carbons (Fsp3) is 0.143. The fourth-order valence-corrected chi connectivity index (χ4v) is 6.34. The lowest BCUT2D eigenvalue weighted by Gasteiger charge is -2.24. The number of hydrogen-bond donors (Lipinski definition) is 0. The van der Waals surface area contributed by atoms with Crippen molar-refractivity contribution in [1.29, 1.82) is 0 Å². The van der Waals surface area contributed by atoms with Crippen LogP contribution in [0.5, 0.6) is 0 Å². The summed E-state index contributed by atoms with van der Waals surface area (Å²) in [4.78, 5) is 0. The Morgan fingerprint density at radius 1 is 0.652 bits per heavy atom. The minimum atomic E-state index is -0.544. The molecule has 0 N–H and O–H groups in total. The highest BCUT2D eigenvalue weighted by Gasteiger charge is 2.21. The zero-order chi connectivity index (χ0) is 16.2. The molecule has 0 spiro atoms. The summed E-state index contributed by atoms with van der Waals surface area (Å²) in [6.07, 6.45) is 0. The molecule has 3 aromatic carbocycles. The fourth-order valence-electron chi connectivity index (χ4n) is 2.86. The van der Waals surface area contributed by atoms with Gasteiger partial charge in [0.05, 0.1) is 0 Å². The van der Waals surface area contributed by atoms with Crippen LogP contribution in [0.2, 0.25) is 0 Å². The minimum absolute atomic E-state index is 0.544. The first kappa shape index (κ1) is 16.4. The van der Waals surface area contributed by atoms with Gasteiger partial charge in [-0.1, -0.05) is 88.7 Å². The van der Waals surface area contributed by atoms with Crippen LogP contribution in [-0.2, 0) is 5.33 Å². The summed E-state index contributed by atoms with van der Waals surface area (Å²) in [5.41, 5.74) is 4.11. The van der Waals surface area contributed by atoms with Crippen molar-refractivity contribution in [3.8, 4) is 0 Å². The maximum Gasteiger partial charge on any atom is 0.0289 e. The van der Waals surface area contributed by atoms with Crippen LogP contribution in [-0.4, -0.2) is 0 Å². The largest absolute Gasteiger partial charge is 0.0876 e. The van der Waals surface area contributed by atoms with Crippen LogP contribution in [0.3, 0.4) is 0 Å². The molecule has 0 fully saturated rings. The van der Waals surface area contributed by atoms with Gasteiger partial charge in [0.2, 0.25) is 0 Å². The summed E-state index contributed by atoms with van der Waals surface area (Å²) in [7, 11) is -0.544. The average Bonchev–Trinajstić information content (AvgIpc) is 2.59. The minimum Gasteiger partial charge on any atom is -0.0876 e. The van der Waals surface area contributed by atoms with Gasteiger partial charge in [-0.15, -0.1) is 0 Å². The highest BCUT2D eigenvalue weighted by Crippen LogP contribution is 2.36. The van der Waals surface area contributed by atoms with Crippen molar-refractivity contribution in [2.45, 2.75) is 19.2 Å². The first-order valence-electron chi connectivity index (χ1n) is 7.77. The summed E-state index contributed by atoms with van der Waals surface area (Å²) in [5, 5.41) is 5.23. The van der Waals surface area contributed by atoms with Gasteiger partial charge in [0.1, 0.15) is 0 Å². The summed E-state index contributed by atoms with van der Waals surface area (Å²) in [5.74, 6) is 0. The summed E-state index contributed by atoms with van der Waals surface area (Å²) < 4.78 is 0. The zero-order valence-electron chi connectivity index (χ0n) is 13.5. The molecule has 0 heterocycles. The molecule has 0 aromatic heterocycles. The van der Waals surface area contributed by atoms with Gasteiger partial charge in [0.15, 0.2) is 0 Å². The maximum atomic E-state index is 3.67. The van der Waals surface area contributed by atoms with Gasteiger partial charge in [-0.25, -0.2) is 0 Å². The van der Waals surface area contributed by atoms with Crippen molar-refractivity contribution in [2.75, 3.05) is 0 Å². The monoisotopic (exact) mass is 382 g/mol. The van der Waals surface area contributed by atoms with Crippen molar-refractivity contribution in [3.05, 3.63) is 89.5 Å². The van der Waals surface area contributed by atoms with Gasteiger partial charge >= 0.3 is 0 Å². The number of aryl methyl sites for hydroxylation is 2. The predicted molar refractivity (Wildman–Crippen MR) is 107 cm³/mol. The average molecular weight is 383 g/mol. The van der Waals surface area contributed by atoms with Crippen LogP contribution in [0.15, 0.2) is 72.8 Å². The van der Waals surface area contributed by atoms with E-state index in [0.717, 1.165) is 5.33 Å². The molecule has 0 atom stereocenters. The molecule has 0 nitrogen and oxygen atoms in total. The van der Waals surface area contributed by atoms with Crippen molar-refractivity contribution in [1.82, 2.24) is 0 Å². The smallest absolute Gasteiger partial charge is 0.0289 e. The number of alkyl halides is 1. The van der Waals surface area contributed by atoms with Crippen molar-refractivity contribution >= 4 is 39.8 Å². The molecule has 3 aromatic rings. The topological polar surface area (TPSA) is 0 Å². The molecule has 0 radical (unpaired) electrons. The van der Waals surface area contributed by atoms with Crippen LogP contribution >= 0.6 is 23.9 Å². The maximum absolute atomic E-state index is 3.67. The van der Waals surface area contributed by atoms with E-state index in [1.54, 1.807) is 0 Å². The Balaban J connectivity index is 2.27. The summed E-state index contributed by atoms with van der Waals surface area (Å²) in [6, 6.07) is 26.4. The highest BCUT2D eigenvalue weighted by molar-refractivity contribution is 9.08. The number of halogens is 1. The van der Waals surface area contributed by atoms with Gasteiger partial charge in [-0.2, -0.15) is 0 Å². The van der Waals surface area contributed by atoms with Crippen LogP contribution in [0.1, 0.15) is 16.7 Å². The van der Waals surface area contributed by atoms with Gasteiger partial charge < -0.3 is 0 Å². The quantitative estimate of drug-likeness (QED) is 0.442. The molecule has 0 aliphatic heterocycles. The van der Waals surface area contributed by atoms with E-state index < -0.39 is 7.92 Å². The normalized spacial score (nSPS) is 11.0. The SMILES string of the molecule is Cc1ccccc1P(c1ccccc1C)c1ccccc1CBr. The van der Waals surface area contributed by atoms with E-state index in [4.69, 9.17) is 0 Å². The molecular weight excluding hydrogens is 363 g/mol. The molecule has 0 unspecified atom stereocenters. The Labute approximate surface area is 148 Å². The lowest BCUT2D eigenvalue weighted by atomic mass is 10.2. The number of rotatable bonds is 4. The Bertz CT molecular complexity index is 765. The van der Waals surface area contributed by atoms with E-state index in [9.17, 15) is 0 Å². The van der Waals surface area contributed by atoms with Gasteiger partial charge in [0.25, 0.3) is 0 Å². The third-order valence-corrected chi connectivity index (χ3v) is 7.58. The van der Waals surface area contributed by atoms with Crippen molar-refractivity contribution < 1.29 is 0 Å². The predicted octanol–water partition coefficient (Wildman–Crippen LogP) is 4.96. The lowest BCUT2D eigenvalue weighted by molar-refractivity contribution is 1.47. The molecule has 116 valence electrons. The zero-order valence-corrected chi connectivity index (χ0v) is 15.9. The van der Waals surface area contributed by atoms with Crippen LogP contribution in [0.4, 0.5) is 0 Å². The van der Waals surface area contributed by atoms with Gasteiger partial charge in [0, 0.05) is 5.33 Å². The molecule has 0 saturated heterocycles. The van der Waals surface area contributed by atoms with Gasteiger partial charge in [-0.05, 0) is 54.4 Å². The Hall–Kier alpha value is -1.43. The second-order valence-corrected chi connectivity index (χ2v) is 8.35. The van der Waals surface area contributed by atoms with E-state index in [1.165, 1.54) is 32.6 Å². The van der Waals surface area contributed by atoms with Crippen LogP contribution < -0.4 is 15.9 Å². The summed E-state index contributed by atoms with van der Waals surface area (Å²) >= 11 is 3.67. The van der Waals surface area contributed by atoms with E-state index in [-0.39, 0.29) is 0 Å². The molecule has 0 aliphatic carbocycles. The Morgan fingerprint density at radius 3 is 1.57 bits per heavy atom.